The second-order valence-corrected chi connectivity index (χ2v) is 10.1. The minimum Gasteiger partial charge on any atom is -0.455 e. The number of aryl methyl sites for hydroxylation is 2. The number of hydrogen-bond donors (Lipinski definition) is 1. The molecule has 0 unspecified atom stereocenters. The Morgan fingerprint density at radius 3 is 2.23 bits per heavy atom. The number of piperidine rings is 1. The highest BCUT2D eigenvalue weighted by Gasteiger charge is 2.33. The predicted molar refractivity (Wildman–Crippen MR) is 120 cm³/mol. The fraction of sp³-hybridized carbons (Fsp3) is 0.391. The van der Waals surface area contributed by atoms with E-state index in [1.807, 2.05) is 13.8 Å². The molecular weight excluding hydrogens is 489 g/mol. The highest BCUT2D eigenvalue weighted by atomic mass is 32.2. The summed E-state index contributed by atoms with van der Waals surface area (Å²) in [5.41, 5.74) is 2.06. The zero-order chi connectivity index (χ0) is 25.8. The van der Waals surface area contributed by atoms with Crippen LogP contribution in [-0.2, 0) is 24.3 Å². The summed E-state index contributed by atoms with van der Waals surface area (Å²) in [7, 11) is -3.68. The molecule has 1 heterocycles. The first-order valence-electron chi connectivity index (χ1n) is 10.7. The number of anilines is 1. The van der Waals surface area contributed by atoms with Crippen LogP contribution in [0, 0.1) is 19.8 Å². The molecule has 1 aliphatic heterocycles. The van der Waals surface area contributed by atoms with Gasteiger partial charge in [-0.15, -0.1) is 13.2 Å². The maximum atomic E-state index is 12.9. The van der Waals surface area contributed by atoms with Crippen LogP contribution in [0.2, 0.25) is 0 Å². The molecule has 0 aromatic heterocycles. The average Bonchev–Trinajstić information content (AvgIpc) is 2.79. The largest absolute Gasteiger partial charge is 0.573 e. The normalized spacial score (nSPS) is 15.5. The maximum absolute atomic E-state index is 12.9. The van der Waals surface area contributed by atoms with Gasteiger partial charge in [-0.25, -0.2) is 8.42 Å². The van der Waals surface area contributed by atoms with Gasteiger partial charge in [-0.3, -0.25) is 9.59 Å². The maximum Gasteiger partial charge on any atom is 0.573 e. The highest BCUT2D eigenvalue weighted by molar-refractivity contribution is 7.89. The number of nitrogens with zero attached hydrogens (tertiary/aromatic N) is 1. The van der Waals surface area contributed by atoms with Crippen molar-refractivity contribution < 1.29 is 40.7 Å². The molecule has 0 bridgehead atoms. The number of carbonyl (C=O) groups excluding carboxylic acids is 2. The second kappa shape index (κ2) is 10.6. The molecule has 8 nitrogen and oxygen atoms in total. The van der Waals surface area contributed by atoms with Crippen LogP contribution >= 0.6 is 0 Å². The number of esters is 1. The summed E-state index contributed by atoms with van der Waals surface area (Å²) in [5, 5.41) is 2.40. The standard InChI is InChI=1S/C23H25F3N2O6S/c1-15-3-8-20(13-16(15)2)35(31,32)28-11-9-17(10-12-28)22(30)33-14-21(29)27-18-4-6-19(7-5-18)34-23(24,25)26/h3-8,13,17H,9-12,14H2,1-2H3,(H,27,29). The minimum absolute atomic E-state index is 0.146. The topological polar surface area (TPSA) is 102 Å². The fourth-order valence-corrected chi connectivity index (χ4v) is 5.10. The third-order valence-corrected chi connectivity index (χ3v) is 7.52. The number of sulfonamides is 1. The van der Waals surface area contributed by atoms with Crippen molar-refractivity contribution in [2.75, 3.05) is 25.0 Å². The number of halogens is 3. The van der Waals surface area contributed by atoms with Crippen molar-refractivity contribution in [2.45, 2.75) is 37.9 Å². The van der Waals surface area contributed by atoms with Crippen LogP contribution in [0.15, 0.2) is 47.4 Å². The summed E-state index contributed by atoms with van der Waals surface area (Å²) in [4.78, 5) is 24.6. The third-order valence-electron chi connectivity index (χ3n) is 5.62. The molecule has 0 saturated carbocycles. The molecule has 1 fully saturated rings. The molecule has 1 saturated heterocycles. The van der Waals surface area contributed by atoms with Gasteiger partial charge in [-0.1, -0.05) is 6.07 Å². The lowest BCUT2D eigenvalue weighted by Gasteiger charge is -2.30. The summed E-state index contributed by atoms with van der Waals surface area (Å²) in [6, 6.07) is 9.44. The van der Waals surface area contributed by atoms with Crippen molar-refractivity contribution in [2.24, 2.45) is 5.92 Å². The van der Waals surface area contributed by atoms with E-state index >= 15 is 0 Å². The molecule has 0 atom stereocenters. The number of nitrogens with one attached hydrogen (secondary N) is 1. The lowest BCUT2D eigenvalue weighted by Crippen LogP contribution is -2.41. The number of rotatable bonds is 7. The molecule has 190 valence electrons. The van der Waals surface area contributed by atoms with E-state index in [-0.39, 0.29) is 36.5 Å². The number of hydrogen-bond acceptors (Lipinski definition) is 6. The van der Waals surface area contributed by atoms with Gasteiger partial charge in [0.15, 0.2) is 6.61 Å². The van der Waals surface area contributed by atoms with Crippen molar-refractivity contribution in [1.29, 1.82) is 0 Å². The number of benzene rings is 2. The molecule has 35 heavy (non-hydrogen) atoms. The van der Waals surface area contributed by atoms with Gasteiger partial charge in [0.1, 0.15) is 5.75 Å². The number of ether oxygens (including phenoxy) is 2. The van der Waals surface area contributed by atoms with Crippen LogP contribution in [0.5, 0.6) is 5.75 Å². The first-order chi connectivity index (χ1) is 16.3. The Hall–Kier alpha value is -3.12. The van der Waals surface area contributed by atoms with Gasteiger partial charge in [-0.05, 0) is 74.2 Å². The second-order valence-electron chi connectivity index (χ2n) is 8.15. The summed E-state index contributed by atoms with van der Waals surface area (Å²) < 4.78 is 72.5. The Kier molecular flexibility index (Phi) is 8.06. The third kappa shape index (κ3) is 7.18. The quantitative estimate of drug-likeness (QED) is 0.565. The summed E-state index contributed by atoms with van der Waals surface area (Å²) >= 11 is 0. The van der Waals surface area contributed by atoms with Gasteiger partial charge in [0.25, 0.3) is 5.91 Å². The van der Waals surface area contributed by atoms with Gasteiger partial charge >= 0.3 is 12.3 Å². The van der Waals surface area contributed by atoms with Crippen LogP contribution in [0.3, 0.4) is 0 Å². The molecule has 1 amide bonds. The van der Waals surface area contributed by atoms with E-state index in [2.05, 4.69) is 10.1 Å². The Morgan fingerprint density at radius 1 is 1.03 bits per heavy atom. The SMILES string of the molecule is Cc1ccc(S(=O)(=O)N2CCC(C(=O)OCC(=O)Nc3ccc(OC(F)(F)F)cc3)CC2)cc1C. The molecule has 0 aliphatic carbocycles. The average molecular weight is 515 g/mol. The molecule has 1 aliphatic rings. The molecule has 12 heteroatoms. The summed E-state index contributed by atoms with van der Waals surface area (Å²) in [6.07, 6.45) is -4.31. The zero-order valence-electron chi connectivity index (χ0n) is 19.1. The molecule has 2 aromatic carbocycles. The first kappa shape index (κ1) is 26.5. The summed E-state index contributed by atoms with van der Waals surface area (Å²) in [6.45, 7) is 3.44. The number of carbonyl (C=O) groups is 2. The molecule has 0 spiro atoms. The molecule has 1 N–H and O–H groups in total. The van der Waals surface area contributed by atoms with Crippen molar-refractivity contribution in [1.82, 2.24) is 4.31 Å². The smallest absolute Gasteiger partial charge is 0.455 e. The Bertz CT molecular complexity index is 1170. The lowest BCUT2D eigenvalue weighted by atomic mass is 9.98. The van der Waals surface area contributed by atoms with Gasteiger partial charge in [0.2, 0.25) is 10.0 Å². The van der Waals surface area contributed by atoms with E-state index in [1.165, 1.54) is 16.4 Å². The van der Waals surface area contributed by atoms with Crippen LogP contribution in [0.25, 0.3) is 0 Å². The zero-order valence-corrected chi connectivity index (χ0v) is 19.9. The first-order valence-corrected chi connectivity index (χ1v) is 12.2. The van der Waals surface area contributed by atoms with E-state index < -0.39 is 46.5 Å². The van der Waals surface area contributed by atoms with Crippen molar-refractivity contribution in [3.63, 3.8) is 0 Å². The minimum atomic E-state index is -4.82. The predicted octanol–water partition coefficient (Wildman–Crippen LogP) is 3.78. The molecule has 3 rings (SSSR count). The molecular formula is C23H25F3N2O6S. The van der Waals surface area contributed by atoms with Crippen LogP contribution < -0.4 is 10.1 Å². The van der Waals surface area contributed by atoms with E-state index in [0.717, 1.165) is 23.3 Å². The monoisotopic (exact) mass is 514 g/mol. The van der Waals surface area contributed by atoms with Gasteiger partial charge in [0, 0.05) is 18.8 Å². The Morgan fingerprint density at radius 2 is 1.66 bits per heavy atom. The number of alkyl halides is 3. The van der Waals surface area contributed by atoms with E-state index in [9.17, 15) is 31.2 Å². The van der Waals surface area contributed by atoms with Crippen molar-refractivity contribution >= 4 is 27.6 Å². The molecule has 0 radical (unpaired) electrons. The Balaban J connectivity index is 1.46. The van der Waals surface area contributed by atoms with E-state index in [1.54, 1.807) is 18.2 Å². The summed E-state index contributed by atoms with van der Waals surface area (Å²) in [5.74, 6) is -2.27. The highest BCUT2D eigenvalue weighted by Crippen LogP contribution is 2.26. The Labute approximate surface area is 201 Å². The van der Waals surface area contributed by atoms with Crippen LogP contribution in [0.4, 0.5) is 18.9 Å². The van der Waals surface area contributed by atoms with Gasteiger partial charge in [0.05, 0.1) is 10.8 Å². The van der Waals surface area contributed by atoms with Crippen molar-refractivity contribution in [3.8, 4) is 5.75 Å². The van der Waals surface area contributed by atoms with Crippen LogP contribution in [0.1, 0.15) is 24.0 Å². The van der Waals surface area contributed by atoms with Crippen LogP contribution in [-0.4, -0.2) is 50.7 Å². The van der Waals surface area contributed by atoms with Gasteiger partial charge in [-0.2, -0.15) is 4.31 Å². The van der Waals surface area contributed by atoms with E-state index in [0.29, 0.717) is 0 Å². The molecule has 2 aromatic rings. The number of amides is 1. The van der Waals surface area contributed by atoms with Gasteiger partial charge < -0.3 is 14.8 Å². The van der Waals surface area contributed by atoms with E-state index in [4.69, 9.17) is 4.74 Å². The lowest BCUT2D eigenvalue weighted by molar-refractivity contribution is -0.274. The fourth-order valence-electron chi connectivity index (χ4n) is 3.55. The van der Waals surface area contributed by atoms with Crippen molar-refractivity contribution in [3.05, 3.63) is 53.6 Å².